The Labute approximate surface area is 313 Å². The molecule has 4 aromatic rings. The van der Waals surface area contributed by atoms with Gasteiger partial charge in [0.2, 0.25) is 29.5 Å². The third-order valence-corrected chi connectivity index (χ3v) is 9.11. The number of amides is 5. The topological polar surface area (TPSA) is 230 Å². The number of nitrogens with zero attached hydrogens (tertiary/aromatic N) is 1. The van der Waals surface area contributed by atoms with Gasteiger partial charge in [-0.05, 0) is 65.3 Å². The van der Waals surface area contributed by atoms with E-state index in [1.54, 1.807) is 12.1 Å². The number of carbonyl (C=O) groups excluding carboxylic acids is 5. The van der Waals surface area contributed by atoms with Crippen LogP contribution in [0.4, 0.5) is 0 Å². The van der Waals surface area contributed by atoms with Crippen LogP contribution in [0.15, 0.2) is 102 Å². The van der Waals surface area contributed by atoms with Gasteiger partial charge in [0.15, 0.2) is 5.96 Å². The fourth-order valence-electron chi connectivity index (χ4n) is 6.24. The molecule has 4 atom stereocenters. The molecule has 5 rings (SSSR count). The third kappa shape index (κ3) is 11.5. The standard InChI is InChI=1S/C40H46N8O6/c41-40(42)43-20-6-11-31-37(52)48-33(23-27-12-16-28-9-4-5-10-29(28)21-27)36(51)44-24-35(50)45-34(22-26-13-17-30(49)18-14-26)39(54)47-32(38(53)46-31)19-15-25-7-2-1-3-8-25/h1-5,7-10,12-14,16-18,21,31-34,49H,6,11,15,19-20,22-24H2,(H,44,51)(H,45,50)(H,46,53)(H,47,54)(H,48,52)(H4,41,42,43)/t31-,32-,33-,34+/m0/s1. The van der Waals surface area contributed by atoms with Crippen molar-refractivity contribution >= 4 is 46.3 Å². The minimum Gasteiger partial charge on any atom is -0.508 e. The molecule has 14 heteroatoms. The monoisotopic (exact) mass is 734 g/mol. The van der Waals surface area contributed by atoms with E-state index in [1.807, 2.05) is 72.8 Å². The van der Waals surface area contributed by atoms with Gasteiger partial charge in [-0.1, -0.05) is 84.9 Å². The average molecular weight is 735 g/mol. The van der Waals surface area contributed by atoms with Gasteiger partial charge in [0.1, 0.15) is 29.9 Å². The summed E-state index contributed by atoms with van der Waals surface area (Å²) in [6, 6.07) is 24.5. The predicted molar refractivity (Wildman–Crippen MR) is 205 cm³/mol. The van der Waals surface area contributed by atoms with Crippen molar-refractivity contribution in [2.24, 2.45) is 16.5 Å². The Morgan fingerprint density at radius 3 is 1.89 bits per heavy atom. The van der Waals surface area contributed by atoms with Crippen molar-refractivity contribution in [3.8, 4) is 5.75 Å². The summed E-state index contributed by atoms with van der Waals surface area (Å²) < 4.78 is 0. The van der Waals surface area contributed by atoms with Crippen LogP contribution in [0, 0.1) is 0 Å². The van der Waals surface area contributed by atoms with Crippen LogP contribution in [0.5, 0.6) is 5.75 Å². The summed E-state index contributed by atoms with van der Waals surface area (Å²) in [5, 5.41) is 25.5. The van der Waals surface area contributed by atoms with Crippen LogP contribution in [0.3, 0.4) is 0 Å². The van der Waals surface area contributed by atoms with Crippen LogP contribution in [-0.2, 0) is 43.2 Å². The number of aromatic hydroxyl groups is 1. The Morgan fingerprint density at radius 1 is 0.611 bits per heavy atom. The number of benzene rings is 4. The first kappa shape index (κ1) is 38.8. The number of phenolic OH excluding ortho intramolecular Hbond substituents is 1. The molecule has 1 saturated heterocycles. The molecule has 10 N–H and O–H groups in total. The smallest absolute Gasteiger partial charge is 0.243 e. The zero-order valence-electron chi connectivity index (χ0n) is 29.8. The van der Waals surface area contributed by atoms with E-state index < -0.39 is 60.2 Å². The largest absolute Gasteiger partial charge is 0.508 e. The summed E-state index contributed by atoms with van der Waals surface area (Å²) in [4.78, 5) is 73.0. The van der Waals surface area contributed by atoms with Gasteiger partial charge in [-0.25, -0.2) is 0 Å². The molecule has 0 saturated carbocycles. The lowest BCUT2D eigenvalue weighted by atomic mass is 10.00. The highest BCUT2D eigenvalue weighted by Crippen LogP contribution is 2.18. The van der Waals surface area contributed by atoms with Gasteiger partial charge in [0, 0.05) is 19.4 Å². The Hall–Kier alpha value is -6.44. The normalized spacial score (nSPS) is 20.0. The SMILES string of the molecule is NC(N)=NCCC[C@@H]1NC(=O)[C@H](CCc2ccccc2)NC(=O)[C@@H](Cc2ccc(O)cc2)NC(=O)CNC(=O)[C@H](Cc2ccc3ccccc3c2)NC1=O. The maximum atomic E-state index is 14.1. The summed E-state index contributed by atoms with van der Waals surface area (Å²) in [7, 11) is 0. The molecule has 54 heavy (non-hydrogen) atoms. The van der Waals surface area contributed by atoms with Gasteiger partial charge in [0.25, 0.3) is 0 Å². The summed E-state index contributed by atoms with van der Waals surface area (Å²) in [5.41, 5.74) is 13.3. The minimum absolute atomic E-state index is 0.0247. The number of nitrogens with two attached hydrogens (primary N) is 2. The Bertz CT molecular complexity index is 1970. The van der Waals surface area contributed by atoms with Crippen LogP contribution in [0.25, 0.3) is 10.8 Å². The second-order valence-electron chi connectivity index (χ2n) is 13.3. The van der Waals surface area contributed by atoms with E-state index in [2.05, 4.69) is 31.6 Å². The lowest BCUT2D eigenvalue weighted by Crippen LogP contribution is -2.58. The Balaban J connectivity index is 1.47. The quantitative estimate of drug-likeness (QED) is 0.0630. The van der Waals surface area contributed by atoms with E-state index in [1.165, 1.54) is 12.1 Å². The Kier molecular flexibility index (Phi) is 13.6. The summed E-state index contributed by atoms with van der Waals surface area (Å²) >= 11 is 0. The number of fused-ring (bicyclic) bond motifs is 1. The molecule has 4 aromatic carbocycles. The fraction of sp³-hybridized carbons (Fsp3) is 0.300. The van der Waals surface area contributed by atoms with Crippen LogP contribution >= 0.6 is 0 Å². The first-order chi connectivity index (χ1) is 26.0. The first-order valence-electron chi connectivity index (χ1n) is 17.9. The number of hydrogen-bond acceptors (Lipinski definition) is 7. The van der Waals surface area contributed by atoms with Crippen molar-refractivity contribution in [1.82, 2.24) is 26.6 Å². The maximum Gasteiger partial charge on any atom is 0.243 e. The van der Waals surface area contributed by atoms with Gasteiger partial charge in [-0.2, -0.15) is 0 Å². The number of phenols is 1. The molecule has 1 aliphatic rings. The molecule has 0 radical (unpaired) electrons. The lowest BCUT2D eigenvalue weighted by molar-refractivity contribution is -0.134. The number of rotatable bonds is 11. The highest BCUT2D eigenvalue weighted by atomic mass is 16.3. The fourth-order valence-corrected chi connectivity index (χ4v) is 6.24. The number of aryl methyl sites for hydroxylation is 1. The Morgan fingerprint density at radius 2 is 1.19 bits per heavy atom. The zero-order valence-corrected chi connectivity index (χ0v) is 29.8. The number of guanidine groups is 1. The highest BCUT2D eigenvalue weighted by Gasteiger charge is 2.32. The van der Waals surface area contributed by atoms with Gasteiger partial charge in [-0.3, -0.25) is 29.0 Å². The second kappa shape index (κ2) is 18.9. The molecule has 1 fully saturated rings. The second-order valence-corrected chi connectivity index (χ2v) is 13.3. The van der Waals surface area contributed by atoms with Crippen molar-refractivity contribution in [1.29, 1.82) is 0 Å². The molecule has 0 unspecified atom stereocenters. The molecular formula is C40H46N8O6. The number of carbonyl (C=O) groups is 5. The maximum absolute atomic E-state index is 14.1. The summed E-state index contributed by atoms with van der Waals surface area (Å²) in [5.74, 6) is -3.28. The van der Waals surface area contributed by atoms with Gasteiger partial charge < -0.3 is 43.2 Å². The molecule has 0 aliphatic carbocycles. The van der Waals surface area contributed by atoms with E-state index in [-0.39, 0.29) is 43.9 Å². The molecule has 0 bridgehead atoms. The van der Waals surface area contributed by atoms with Crippen LogP contribution in [-0.4, -0.2) is 77.9 Å². The van der Waals surface area contributed by atoms with Crippen molar-refractivity contribution in [2.75, 3.05) is 13.1 Å². The van der Waals surface area contributed by atoms with E-state index in [4.69, 9.17) is 11.5 Å². The minimum atomic E-state index is -1.15. The molecule has 5 amide bonds. The number of nitrogens with one attached hydrogen (secondary N) is 5. The lowest BCUT2D eigenvalue weighted by Gasteiger charge is -2.26. The van der Waals surface area contributed by atoms with E-state index in [0.29, 0.717) is 18.4 Å². The summed E-state index contributed by atoms with van der Waals surface area (Å²) in [6.45, 7) is -0.303. The van der Waals surface area contributed by atoms with Gasteiger partial charge in [0.05, 0.1) is 6.54 Å². The molecule has 1 heterocycles. The van der Waals surface area contributed by atoms with Crippen LogP contribution in [0.2, 0.25) is 0 Å². The van der Waals surface area contributed by atoms with Crippen molar-refractivity contribution in [2.45, 2.75) is 62.7 Å². The van der Waals surface area contributed by atoms with Crippen molar-refractivity contribution in [3.05, 3.63) is 114 Å². The molecule has 0 spiro atoms. The van der Waals surface area contributed by atoms with Crippen molar-refractivity contribution < 1.29 is 29.1 Å². The number of hydrogen-bond donors (Lipinski definition) is 8. The molecule has 1 aliphatic heterocycles. The van der Waals surface area contributed by atoms with Crippen molar-refractivity contribution in [3.63, 3.8) is 0 Å². The highest BCUT2D eigenvalue weighted by molar-refractivity contribution is 5.97. The van der Waals surface area contributed by atoms with Crippen LogP contribution in [0.1, 0.15) is 36.0 Å². The van der Waals surface area contributed by atoms with E-state index >= 15 is 0 Å². The molecule has 282 valence electrons. The number of aliphatic imine (C=N–C) groups is 1. The molecule has 14 nitrogen and oxygen atoms in total. The summed E-state index contributed by atoms with van der Waals surface area (Å²) in [6.07, 6.45) is 1.13. The predicted octanol–water partition coefficient (Wildman–Crippen LogP) is 1.09. The van der Waals surface area contributed by atoms with E-state index in [0.717, 1.165) is 21.9 Å². The third-order valence-electron chi connectivity index (χ3n) is 9.11. The van der Waals surface area contributed by atoms with E-state index in [9.17, 15) is 29.1 Å². The van der Waals surface area contributed by atoms with Gasteiger partial charge in [-0.15, -0.1) is 0 Å². The first-order valence-corrected chi connectivity index (χ1v) is 17.9. The molecule has 0 aromatic heterocycles. The average Bonchev–Trinajstić information content (AvgIpc) is 3.16. The molecular weight excluding hydrogens is 688 g/mol. The van der Waals surface area contributed by atoms with Gasteiger partial charge >= 0.3 is 0 Å². The zero-order chi connectivity index (χ0) is 38.5. The van der Waals surface area contributed by atoms with Crippen LogP contribution < -0.4 is 38.1 Å².